The quantitative estimate of drug-likeness (QED) is 0.862. The number of likely N-dealkylation sites (tertiary alicyclic amines) is 1. The van der Waals surface area contributed by atoms with Gasteiger partial charge >= 0.3 is 0 Å². The summed E-state index contributed by atoms with van der Waals surface area (Å²) in [7, 11) is 0. The van der Waals surface area contributed by atoms with Gasteiger partial charge in [0, 0.05) is 37.7 Å². The van der Waals surface area contributed by atoms with Crippen molar-refractivity contribution >= 4 is 24.2 Å². The number of hydrogen-bond donors (Lipinski definition) is 2. The van der Waals surface area contributed by atoms with Crippen molar-refractivity contribution in [3.63, 3.8) is 0 Å². The van der Waals surface area contributed by atoms with E-state index in [1.54, 1.807) is 12.1 Å². The van der Waals surface area contributed by atoms with Gasteiger partial charge in [-0.05, 0) is 31.4 Å². The van der Waals surface area contributed by atoms with Crippen LogP contribution < -0.4 is 11.1 Å². The molecule has 0 saturated carbocycles. The van der Waals surface area contributed by atoms with Crippen LogP contribution in [0.3, 0.4) is 0 Å². The molecule has 1 aromatic rings. The molecule has 1 fully saturated rings. The van der Waals surface area contributed by atoms with Crippen molar-refractivity contribution in [3.8, 4) is 0 Å². The lowest BCUT2D eigenvalue weighted by Gasteiger charge is -2.36. The molecule has 3 N–H and O–H groups in total. The third kappa shape index (κ3) is 5.00. The highest BCUT2D eigenvalue weighted by molar-refractivity contribution is 5.94. The van der Waals surface area contributed by atoms with Crippen molar-refractivity contribution < 1.29 is 9.59 Å². The predicted molar refractivity (Wildman–Crippen MR) is 89.0 cm³/mol. The molecule has 1 atom stereocenters. The number of carbonyl (C=O) groups is 2. The molecule has 22 heavy (non-hydrogen) atoms. The van der Waals surface area contributed by atoms with E-state index in [0.29, 0.717) is 25.1 Å². The van der Waals surface area contributed by atoms with Gasteiger partial charge in [0.25, 0.3) is 5.91 Å². The standard InChI is InChI=1S/C16H23N3O2.ClH/c17-10-9-15(20)19-11-5-4-8-14(19)12-18-16(21)13-6-2-1-3-7-13;/h1-3,6-7,14H,4-5,8-12,17H2,(H,18,21);1H. The topological polar surface area (TPSA) is 75.4 Å². The maximum atomic E-state index is 12.1. The number of halogens is 1. The minimum Gasteiger partial charge on any atom is -0.350 e. The Morgan fingerprint density at radius 1 is 1.23 bits per heavy atom. The van der Waals surface area contributed by atoms with E-state index >= 15 is 0 Å². The first kappa shape index (κ1) is 18.5. The molecule has 2 amide bonds. The van der Waals surface area contributed by atoms with Crippen molar-refractivity contribution in [2.75, 3.05) is 19.6 Å². The van der Waals surface area contributed by atoms with Gasteiger partial charge < -0.3 is 16.0 Å². The summed E-state index contributed by atoms with van der Waals surface area (Å²) in [4.78, 5) is 26.0. The van der Waals surface area contributed by atoms with Gasteiger partial charge in [0.1, 0.15) is 0 Å². The lowest BCUT2D eigenvalue weighted by Crippen LogP contribution is -2.49. The summed E-state index contributed by atoms with van der Waals surface area (Å²) in [5.41, 5.74) is 6.11. The Balaban J connectivity index is 0.00000242. The highest BCUT2D eigenvalue weighted by Crippen LogP contribution is 2.17. The fourth-order valence-corrected chi connectivity index (χ4v) is 2.71. The van der Waals surface area contributed by atoms with E-state index in [1.807, 2.05) is 23.1 Å². The van der Waals surface area contributed by atoms with Gasteiger partial charge in [-0.15, -0.1) is 12.4 Å². The Morgan fingerprint density at radius 2 is 1.95 bits per heavy atom. The molecule has 0 radical (unpaired) electrons. The summed E-state index contributed by atoms with van der Waals surface area (Å²) >= 11 is 0. The summed E-state index contributed by atoms with van der Waals surface area (Å²) in [6.45, 7) is 1.65. The maximum absolute atomic E-state index is 12.1. The predicted octanol–water partition coefficient (Wildman–Crippen LogP) is 1.57. The Hall–Kier alpha value is -1.59. The lowest BCUT2D eigenvalue weighted by atomic mass is 10.0. The highest BCUT2D eigenvalue weighted by Gasteiger charge is 2.26. The molecule has 1 aliphatic rings. The fraction of sp³-hybridized carbons (Fsp3) is 0.500. The number of piperidine rings is 1. The molecule has 2 rings (SSSR count). The van der Waals surface area contributed by atoms with Crippen molar-refractivity contribution in [1.29, 1.82) is 0 Å². The normalized spacial score (nSPS) is 17.5. The lowest BCUT2D eigenvalue weighted by molar-refractivity contribution is -0.134. The molecule has 1 heterocycles. The number of hydrogen-bond acceptors (Lipinski definition) is 3. The molecule has 5 nitrogen and oxygen atoms in total. The summed E-state index contributed by atoms with van der Waals surface area (Å²) in [6.07, 6.45) is 3.44. The number of nitrogens with zero attached hydrogens (tertiary/aromatic N) is 1. The number of benzene rings is 1. The summed E-state index contributed by atoms with van der Waals surface area (Å²) < 4.78 is 0. The molecule has 0 aromatic heterocycles. The third-order valence-corrected chi connectivity index (χ3v) is 3.84. The van der Waals surface area contributed by atoms with E-state index < -0.39 is 0 Å². The fourth-order valence-electron chi connectivity index (χ4n) is 2.71. The second kappa shape index (κ2) is 9.43. The molecule has 1 aromatic carbocycles. The van der Waals surface area contributed by atoms with E-state index in [4.69, 9.17) is 5.73 Å². The monoisotopic (exact) mass is 325 g/mol. The molecule has 6 heteroatoms. The smallest absolute Gasteiger partial charge is 0.251 e. The van der Waals surface area contributed by atoms with Crippen LogP contribution >= 0.6 is 12.4 Å². The maximum Gasteiger partial charge on any atom is 0.251 e. The summed E-state index contributed by atoms with van der Waals surface area (Å²) in [5.74, 6) is 0.00329. The second-order valence-corrected chi connectivity index (χ2v) is 5.35. The van der Waals surface area contributed by atoms with Crippen molar-refractivity contribution in [2.45, 2.75) is 31.7 Å². The van der Waals surface area contributed by atoms with E-state index in [0.717, 1.165) is 25.8 Å². The van der Waals surface area contributed by atoms with Crippen LogP contribution in [0.4, 0.5) is 0 Å². The van der Waals surface area contributed by atoms with Gasteiger partial charge in [0.15, 0.2) is 0 Å². The first-order valence-corrected chi connectivity index (χ1v) is 7.55. The molecule has 0 aliphatic carbocycles. The van der Waals surface area contributed by atoms with Crippen LogP contribution in [-0.4, -0.2) is 42.4 Å². The van der Waals surface area contributed by atoms with E-state index in [1.165, 1.54) is 0 Å². The number of nitrogens with two attached hydrogens (primary N) is 1. The Labute approximate surface area is 137 Å². The second-order valence-electron chi connectivity index (χ2n) is 5.35. The molecule has 0 spiro atoms. The van der Waals surface area contributed by atoms with Gasteiger partial charge in [-0.3, -0.25) is 9.59 Å². The molecule has 0 bridgehead atoms. The molecular weight excluding hydrogens is 302 g/mol. The number of amides is 2. The highest BCUT2D eigenvalue weighted by atomic mass is 35.5. The largest absolute Gasteiger partial charge is 0.350 e. The zero-order chi connectivity index (χ0) is 15.1. The Bertz CT molecular complexity index is 482. The van der Waals surface area contributed by atoms with Crippen molar-refractivity contribution in [2.24, 2.45) is 5.73 Å². The van der Waals surface area contributed by atoms with Gasteiger partial charge in [-0.25, -0.2) is 0 Å². The third-order valence-electron chi connectivity index (χ3n) is 3.84. The first-order valence-electron chi connectivity index (χ1n) is 7.55. The summed E-state index contributed by atoms with van der Waals surface area (Å²) in [6, 6.07) is 9.22. The van der Waals surface area contributed by atoms with Crippen LogP contribution in [0.1, 0.15) is 36.0 Å². The zero-order valence-corrected chi connectivity index (χ0v) is 13.5. The minimum atomic E-state index is -0.0904. The molecular formula is C16H24ClN3O2. The molecule has 1 unspecified atom stereocenters. The SMILES string of the molecule is Cl.NCCC(=O)N1CCCCC1CNC(=O)c1ccccc1. The van der Waals surface area contributed by atoms with Gasteiger partial charge in [0.05, 0.1) is 0 Å². The zero-order valence-electron chi connectivity index (χ0n) is 12.7. The Kier molecular flexibility index (Phi) is 7.91. The van der Waals surface area contributed by atoms with Crippen LogP contribution in [0, 0.1) is 0 Å². The minimum absolute atomic E-state index is 0. The average Bonchev–Trinajstić information content (AvgIpc) is 2.54. The number of nitrogens with one attached hydrogen (secondary N) is 1. The van der Waals surface area contributed by atoms with Crippen molar-refractivity contribution in [3.05, 3.63) is 35.9 Å². The summed E-state index contributed by atoms with van der Waals surface area (Å²) in [5, 5.41) is 2.93. The Morgan fingerprint density at radius 3 is 2.64 bits per heavy atom. The van der Waals surface area contributed by atoms with Gasteiger partial charge in [-0.1, -0.05) is 18.2 Å². The average molecular weight is 326 g/mol. The number of rotatable bonds is 5. The van der Waals surface area contributed by atoms with Crippen molar-refractivity contribution in [1.82, 2.24) is 10.2 Å². The molecule has 122 valence electrons. The van der Waals surface area contributed by atoms with E-state index in [2.05, 4.69) is 5.32 Å². The first-order chi connectivity index (χ1) is 10.2. The van der Waals surface area contributed by atoms with Crippen LogP contribution in [-0.2, 0) is 4.79 Å². The van der Waals surface area contributed by atoms with Crippen LogP contribution in [0.5, 0.6) is 0 Å². The van der Waals surface area contributed by atoms with Gasteiger partial charge in [-0.2, -0.15) is 0 Å². The molecule has 1 aliphatic heterocycles. The molecule has 1 saturated heterocycles. The van der Waals surface area contributed by atoms with Crippen LogP contribution in [0.15, 0.2) is 30.3 Å². The van der Waals surface area contributed by atoms with Crippen LogP contribution in [0.25, 0.3) is 0 Å². The van der Waals surface area contributed by atoms with Gasteiger partial charge in [0.2, 0.25) is 5.91 Å². The van der Waals surface area contributed by atoms with Crippen LogP contribution in [0.2, 0.25) is 0 Å². The van der Waals surface area contributed by atoms with E-state index in [9.17, 15) is 9.59 Å². The van der Waals surface area contributed by atoms with E-state index in [-0.39, 0.29) is 30.3 Å². The number of carbonyl (C=O) groups excluding carboxylic acids is 2.